The lowest BCUT2D eigenvalue weighted by molar-refractivity contribution is -0.121. The quantitative estimate of drug-likeness (QED) is 0.576. The number of aliphatic hydroxyl groups is 1. The molecule has 0 aromatic heterocycles. The summed E-state index contributed by atoms with van der Waals surface area (Å²) < 4.78 is 5.48. The Balaban J connectivity index is 2.07. The molecule has 0 aliphatic heterocycles. The van der Waals surface area contributed by atoms with Crippen LogP contribution in [-0.4, -0.2) is 23.9 Å². The van der Waals surface area contributed by atoms with Gasteiger partial charge in [0.1, 0.15) is 0 Å². The lowest BCUT2D eigenvalue weighted by Gasteiger charge is -2.39. The van der Waals surface area contributed by atoms with Gasteiger partial charge in [-0.2, -0.15) is 0 Å². The van der Waals surface area contributed by atoms with E-state index in [1.54, 1.807) is 7.11 Å². The molecular weight excluding hydrogens is 236 g/mol. The predicted octanol–water partition coefficient (Wildman–Crippen LogP) is 4.84. The third-order valence-electron chi connectivity index (χ3n) is 4.67. The maximum atomic E-state index is 10.7. The summed E-state index contributed by atoms with van der Waals surface area (Å²) in [5.74, 6) is 0. The van der Waals surface area contributed by atoms with Crippen LogP contribution in [0.15, 0.2) is 0 Å². The Bertz CT molecular complexity index is 217. The SMILES string of the molecule is CCCCCCCCCCC1(O)CCCCC1OC. The first-order chi connectivity index (χ1) is 9.23. The molecule has 1 rings (SSSR count). The number of unbranched alkanes of at least 4 members (excludes halogenated alkanes) is 7. The Labute approximate surface area is 119 Å². The summed E-state index contributed by atoms with van der Waals surface area (Å²) in [7, 11) is 1.74. The Morgan fingerprint density at radius 2 is 1.63 bits per heavy atom. The van der Waals surface area contributed by atoms with Crippen molar-refractivity contribution in [3.8, 4) is 0 Å². The maximum absolute atomic E-state index is 10.7. The fourth-order valence-electron chi connectivity index (χ4n) is 3.38. The molecule has 19 heavy (non-hydrogen) atoms. The molecule has 0 amide bonds. The summed E-state index contributed by atoms with van der Waals surface area (Å²) in [5.41, 5.74) is -0.533. The maximum Gasteiger partial charge on any atom is 0.0908 e. The average molecular weight is 270 g/mol. The molecule has 0 aromatic rings. The van der Waals surface area contributed by atoms with Crippen LogP contribution in [0, 0.1) is 0 Å². The molecule has 2 unspecified atom stereocenters. The van der Waals surface area contributed by atoms with Crippen LogP contribution < -0.4 is 0 Å². The van der Waals surface area contributed by atoms with Gasteiger partial charge in [-0.25, -0.2) is 0 Å². The highest BCUT2D eigenvalue weighted by Gasteiger charge is 2.38. The van der Waals surface area contributed by atoms with Gasteiger partial charge in [0.25, 0.3) is 0 Å². The Morgan fingerprint density at radius 1 is 1.00 bits per heavy atom. The molecule has 2 atom stereocenters. The Morgan fingerprint density at radius 3 is 2.26 bits per heavy atom. The molecule has 0 spiro atoms. The molecule has 2 nitrogen and oxygen atoms in total. The summed E-state index contributed by atoms with van der Waals surface area (Å²) in [5, 5.41) is 10.7. The molecule has 0 bridgehead atoms. The van der Waals surface area contributed by atoms with Gasteiger partial charge in [-0.15, -0.1) is 0 Å². The summed E-state index contributed by atoms with van der Waals surface area (Å²) in [4.78, 5) is 0. The van der Waals surface area contributed by atoms with Gasteiger partial charge < -0.3 is 9.84 Å². The lowest BCUT2D eigenvalue weighted by Crippen LogP contribution is -2.45. The molecule has 1 saturated carbocycles. The summed E-state index contributed by atoms with van der Waals surface area (Å²) in [6.07, 6.45) is 16.0. The van der Waals surface area contributed by atoms with Crippen LogP contribution in [0.25, 0.3) is 0 Å². The van der Waals surface area contributed by atoms with Gasteiger partial charge in [0.05, 0.1) is 11.7 Å². The Hall–Kier alpha value is -0.0800. The summed E-state index contributed by atoms with van der Waals surface area (Å²) in [6, 6.07) is 0. The zero-order valence-electron chi connectivity index (χ0n) is 13.1. The highest BCUT2D eigenvalue weighted by molar-refractivity contribution is 4.90. The molecule has 1 N–H and O–H groups in total. The van der Waals surface area contributed by atoms with Gasteiger partial charge in [-0.05, 0) is 19.3 Å². The predicted molar refractivity (Wildman–Crippen MR) is 81.4 cm³/mol. The normalized spacial score (nSPS) is 27.6. The number of methoxy groups -OCH3 is 1. The standard InChI is InChI=1S/C17H34O2/c1-3-4-5-6-7-8-9-11-14-17(18)15-12-10-13-16(17)19-2/h16,18H,3-15H2,1-2H3. The first kappa shape index (κ1) is 17.0. The minimum absolute atomic E-state index is 0.0748. The van der Waals surface area contributed by atoms with Gasteiger partial charge in [0.15, 0.2) is 0 Å². The highest BCUT2D eigenvalue weighted by Crippen LogP contribution is 2.34. The van der Waals surface area contributed by atoms with Crippen molar-refractivity contribution in [3.63, 3.8) is 0 Å². The average Bonchev–Trinajstić information content (AvgIpc) is 2.42. The van der Waals surface area contributed by atoms with Crippen molar-refractivity contribution in [3.05, 3.63) is 0 Å². The van der Waals surface area contributed by atoms with Crippen LogP contribution in [0.2, 0.25) is 0 Å². The van der Waals surface area contributed by atoms with E-state index in [0.29, 0.717) is 0 Å². The number of hydrogen-bond donors (Lipinski definition) is 1. The van der Waals surface area contributed by atoms with Crippen LogP contribution in [0.1, 0.15) is 90.4 Å². The fourth-order valence-corrected chi connectivity index (χ4v) is 3.38. The number of ether oxygens (including phenoxy) is 1. The second kappa shape index (κ2) is 9.77. The van der Waals surface area contributed by atoms with E-state index in [2.05, 4.69) is 6.92 Å². The molecule has 0 aromatic carbocycles. The third kappa shape index (κ3) is 6.27. The molecule has 1 aliphatic carbocycles. The van der Waals surface area contributed by atoms with E-state index >= 15 is 0 Å². The summed E-state index contributed by atoms with van der Waals surface area (Å²) in [6.45, 7) is 2.26. The first-order valence-corrected chi connectivity index (χ1v) is 8.48. The smallest absolute Gasteiger partial charge is 0.0908 e. The molecule has 0 heterocycles. The van der Waals surface area contributed by atoms with Gasteiger partial charge in [-0.1, -0.05) is 71.1 Å². The Kier molecular flexibility index (Phi) is 8.72. The lowest BCUT2D eigenvalue weighted by atomic mass is 9.78. The highest BCUT2D eigenvalue weighted by atomic mass is 16.5. The molecule has 114 valence electrons. The van der Waals surface area contributed by atoms with Crippen LogP contribution in [0.5, 0.6) is 0 Å². The van der Waals surface area contributed by atoms with Crippen LogP contribution in [0.4, 0.5) is 0 Å². The van der Waals surface area contributed by atoms with Crippen molar-refractivity contribution in [2.45, 2.75) is 102 Å². The van der Waals surface area contributed by atoms with Crippen LogP contribution in [0.3, 0.4) is 0 Å². The number of hydrogen-bond acceptors (Lipinski definition) is 2. The second-order valence-electron chi connectivity index (χ2n) is 6.30. The van der Waals surface area contributed by atoms with Crippen molar-refractivity contribution >= 4 is 0 Å². The summed E-state index contributed by atoms with van der Waals surface area (Å²) >= 11 is 0. The van der Waals surface area contributed by atoms with Crippen molar-refractivity contribution < 1.29 is 9.84 Å². The van der Waals surface area contributed by atoms with Gasteiger partial charge >= 0.3 is 0 Å². The van der Waals surface area contributed by atoms with E-state index < -0.39 is 5.60 Å². The molecule has 0 radical (unpaired) electrons. The molecule has 1 fully saturated rings. The fraction of sp³-hybridized carbons (Fsp3) is 1.00. The van der Waals surface area contributed by atoms with E-state index in [0.717, 1.165) is 32.1 Å². The van der Waals surface area contributed by atoms with Gasteiger partial charge in [0, 0.05) is 7.11 Å². The van der Waals surface area contributed by atoms with Crippen molar-refractivity contribution in [1.29, 1.82) is 0 Å². The molecule has 2 heteroatoms. The van der Waals surface area contributed by atoms with Crippen LogP contribution in [-0.2, 0) is 4.74 Å². The van der Waals surface area contributed by atoms with Crippen LogP contribution >= 0.6 is 0 Å². The van der Waals surface area contributed by atoms with E-state index in [-0.39, 0.29) is 6.10 Å². The van der Waals surface area contributed by atoms with E-state index in [1.807, 2.05) is 0 Å². The van der Waals surface area contributed by atoms with E-state index in [4.69, 9.17) is 4.74 Å². The second-order valence-corrected chi connectivity index (χ2v) is 6.30. The minimum atomic E-state index is -0.533. The molecular formula is C17H34O2. The van der Waals surface area contributed by atoms with Crippen molar-refractivity contribution in [1.82, 2.24) is 0 Å². The van der Waals surface area contributed by atoms with Gasteiger partial charge in [0.2, 0.25) is 0 Å². The molecule has 0 saturated heterocycles. The first-order valence-electron chi connectivity index (χ1n) is 8.48. The van der Waals surface area contributed by atoms with Gasteiger partial charge in [-0.3, -0.25) is 0 Å². The third-order valence-corrected chi connectivity index (χ3v) is 4.67. The topological polar surface area (TPSA) is 29.5 Å². The van der Waals surface area contributed by atoms with Crippen molar-refractivity contribution in [2.24, 2.45) is 0 Å². The molecule has 1 aliphatic rings. The van der Waals surface area contributed by atoms with E-state index in [9.17, 15) is 5.11 Å². The van der Waals surface area contributed by atoms with E-state index in [1.165, 1.54) is 51.4 Å². The largest absolute Gasteiger partial charge is 0.387 e. The number of rotatable bonds is 10. The monoisotopic (exact) mass is 270 g/mol. The zero-order chi connectivity index (χ0) is 14.0. The van der Waals surface area contributed by atoms with Crippen molar-refractivity contribution in [2.75, 3.05) is 7.11 Å². The zero-order valence-corrected chi connectivity index (χ0v) is 13.1. The minimum Gasteiger partial charge on any atom is -0.387 e.